The van der Waals surface area contributed by atoms with E-state index in [1.807, 2.05) is 27.7 Å². The van der Waals surface area contributed by atoms with Crippen LogP contribution in [0.4, 0.5) is 0 Å². The molecule has 0 aromatic heterocycles. The second-order valence-corrected chi connectivity index (χ2v) is 6.16. The predicted octanol–water partition coefficient (Wildman–Crippen LogP) is 0.968. The van der Waals surface area contributed by atoms with Gasteiger partial charge in [0.15, 0.2) is 0 Å². The van der Waals surface area contributed by atoms with E-state index in [0.29, 0.717) is 0 Å². The number of hydrogen-bond donors (Lipinski definition) is 3. The van der Waals surface area contributed by atoms with Crippen LogP contribution in [0.1, 0.15) is 40.5 Å². The van der Waals surface area contributed by atoms with Crippen LogP contribution in [0.15, 0.2) is 0 Å². The molecule has 1 atom stereocenters. The van der Waals surface area contributed by atoms with Gasteiger partial charge in [-0.3, -0.25) is 4.79 Å². The molecule has 0 bridgehead atoms. The third kappa shape index (κ3) is 2.77. The van der Waals surface area contributed by atoms with Crippen LogP contribution in [0.3, 0.4) is 0 Å². The lowest BCUT2D eigenvalue weighted by Crippen LogP contribution is -2.48. The van der Waals surface area contributed by atoms with Gasteiger partial charge in [-0.2, -0.15) is 0 Å². The van der Waals surface area contributed by atoms with Crippen molar-refractivity contribution >= 4 is 11.9 Å². The van der Waals surface area contributed by atoms with Gasteiger partial charge in [-0.25, -0.2) is 4.79 Å². The first-order valence-electron chi connectivity index (χ1n) is 5.79. The maximum absolute atomic E-state index is 12.1. The molecule has 1 saturated carbocycles. The number of aliphatic hydroxyl groups excluding tert-OH is 1. The van der Waals surface area contributed by atoms with Crippen molar-refractivity contribution < 1.29 is 19.8 Å². The molecule has 1 amide bonds. The van der Waals surface area contributed by atoms with Crippen molar-refractivity contribution in [1.29, 1.82) is 0 Å². The lowest BCUT2D eigenvalue weighted by atomic mass is 9.72. The highest BCUT2D eigenvalue weighted by Gasteiger charge is 2.51. The fraction of sp³-hybridized carbons (Fsp3) is 0.833. The van der Waals surface area contributed by atoms with E-state index in [2.05, 4.69) is 5.32 Å². The first kappa shape index (κ1) is 14.0. The number of nitrogens with one attached hydrogen (secondary N) is 1. The van der Waals surface area contributed by atoms with Gasteiger partial charge >= 0.3 is 5.97 Å². The smallest absolute Gasteiger partial charge is 0.353 e. The fourth-order valence-electron chi connectivity index (χ4n) is 2.98. The first-order valence-corrected chi connectivity index (χ1v) is 5.79. The van der Waals surface area contributed by atoms with Crippen LogP contribution in [0.5, 0.6) is 0 Å². The minimum atomic E-state index is -1.82. The van der Waals surface area contributed by atoms with Gasteiger partial charge in [-0.15, -0.1) is 0 Å². The van der Waals surface area contributed by atoms with Gasteiger partial charge in [0.05, 0.1) is 0 Å². The largest absolute Gasteiger partial charge is 0.478 e. The Morgan fingerprint density at radius 3 is 1.94 bits per heavy atom. The summed E-state index contributed by atoms with van der Waals surface area (Å²) in [5.74, 6) is -2.11. The molecule has 0 spiro atoms. The van der Waals surface area contributed by atoms with Gasteiger partial charge in [0.25, 0.3) is 0 Å². The second kappa shape index (κ2) is 4.29. The van der Waals surface area contributed by atoms with Crippen LogP contribution in [-0.4, -0.2) is 28.3 Å². The van der Waals surface area contributed by atoms with E-state index in [4.69, 9.17) is 10.2 Å². The normalized spacial score (nSPS) is 24.3. The Hall–Kier alpha value is -1.10. The Balaban J connectivity index is 2.83. The Kier molecular flexibility index (Phi) is 3.52. The fourth-order valence-corrected chi connectivity index (χ4v) is 2.98. The van der Waals surface area contributed by atoms with Crippen molar-refractivity contribution in [3.8, 4) is 0 Å². The molecule has 17 heavy (non-hydrogen) atoms. The summed E-state index contributed by atoms with van der Waals surface area (Å²) in [7, 11) is 0. The summed E-state index contributed by atoms with van der Waals surface area (Å²) in [5.41, 5.74) is -0.350. The van der Waals surface area contributed by atoms with Crippen molar-refractivity contribution in [2.75, 3.05) is 0 Å². The molecule has 0 heterocycles. The van der Waals surface area contributed by atoms with E-state index in [1.54, 1.807) is 0 Å². The van der Waals surface area contributed by atoms with Crippen molar-refractivity contribution in [2.24, 2.45) is 16.7 Å². The van der Waals surface area contributed by atoms with E-state index in [0.717, 1.165) is 12.8 Å². The minimum absolute atomic E-state index is 0.175. The highest BCUT2D eigenvalue weighted by Crippen LogP contribution is 2.53. The van der Waals surface area contributed by atoms with Crippen molar-refractivity contribution in [2.45, 2.75) is 46.8 Å². The van der Waals surface area contributed by atoms with Crippen molar-refractivity contribution in [3.05, 3.63) is 0 Å². The number of carbonyl (C=O) groups excluding carboxylic acids is 1. The summed E-state index contributed by atoms with van der Waals surface area (Å²) < 4.78 is 0. The van der Waals surface area contributed by atoms with E-state index in [1.165, 1.54) is 0 Å². The Bertz CT molecular complexity index is 319. The third-order valence-corrected chi connectivity index (χ3v) is 3.75. The molecular weight excluding hydrogens is 222 g/mol. The zero-order valence-corrected chi connectivity index (χ0v) is 10.8. The highest BCUT2D eigenvalue weighted by molar-refractivity contribution is 5.85. The molecule has 1 fully saturated rings. The topological polar surface area (TPSA) is 86.6 Å². The van der Waals surface area contributed by atoms with E-state index < -0.39 is 12.2 Å². The molecule has 5 heteroatoms. The van der Waals surface area contributed by atoms with Crippen LogP contribution in [0, 0.1) is 16.7 Å². The van der Waals surface area contributed by atoms with Crippen LogP contribution in [-0.2, 0) is 9.59 Å². The Morgan fingerprint density at radius 2 is 1.59 bits per heavy atom. The summed E-state index contributed by atoms with van der Waals surface area (Å²) in [6, 6.07) is 0. The average Bonchev–Trinajstić information content (AvgIpc) is 2.35. The zero-order valence-electron chi connectivity index (χ0n) is 10.8. The molecule has 0 aromatic rings. The maximum atomic E-state index is 12.1. The van der Waals surface area contributed by atoms with Gasteiger partial charge in [-0.1, -0.05) is 27.7 Å². The lowest BCUT2D eigenvalue weighted by molar-refractivity contribution is -0.153. The van der Waals surface area contributed by atoms with Crippen LogP contribution in [0.25, 0.3) is 0 Å². The predicted molar refractivity (Wildman–Crippen MR) is 62.1 cm³/mol. The number of carboxylic acids is 1. The standard InChI is InChI=1S/C12H21NO4/c1-11(2)5-6-12(3,4)7(11)8(14)13-9(15)10(16)17/h7,9,15H,5-6H2,1-4H3,(H,13,14)(H,16,17)/t9-/m0/s1. The number of aliphatic hydroxyl groups is 1. The number of rotatable bonds is 3. The third-order valence-electron chi connectivity index (χ3n) is 3.75. The monoisotopic (exact) mass is 243 g/mol. The van der Waals surface area contributed by atoms with Gasteiger partial charge in [0.2, 0.25) is 12.1 Å². The molecular formula is C12H21NO4. The molecule has 1 aliphatic rings. The number of carboxylic acid groups (broad SMARTS) is 1. The second-order valence-electron chi connectivity index (χ2n) is 6.16. The average molecular weight is 243 g/mol. The molecule has 0 radical (unpaired) electrons. The molecule has 0 aliphatic heterocycles. The molecule has 3 N–H and O–H groups in total. The summed E-state index contributed by atoms with van der Waals surface area (Å²) in [6.07, 6.45) is 0.0115. The summed E-state index contributed by atoms with van der Waals surface area (Å²) in [4.78, 5) is 22.6. The molecule has 1 aliphatic carbocycles. The molecule has 0 aromatic carbocycles. The minimum Gasteiger partial charge on any atom is -0.478 e. The summed E-state index contributed by atoms with van der Waals surface area (Å²) in [6.45, 7) is 8.00. The summed E-state index contributed by atoms with van der Waals surface area (Å²) >= 11 is 0. The number of amides is 1. The van der Waals surface area contributed by atoms with Crippen LogP contribution in [0.2, 0.25) is 0 Å². The Morgan fingerprint density at radius 1 is 1.18 bits per heavy atom. The molecule has 0 saturated heterocycles. The van der Waals surface area contributed by atoms with Crippen LogP contribution < -0.4 is 5.32 Å². The molecule has 98 valence electrons. The molecule has 1 rings (SSSR count). The van der Waals surface area contributed by atoms with Gasteiger partial charge in [0.1, 0.15) is 0 Å². The quantitative estimate of drug-likeness (QED) is 0.645. The van der Waals surface area contributed by atoms with Gasteiger partial charge in [0, 0.05) is 5.92 Å². The molecule has 0 unspecified atom stereocenters. The maximum Gasteiger partial charge on any atom is 0.353 e. The SMILES string of the molecule is CC1(C)CCC(C)(C)C1C(=O)N[C@@H](O)C(=O)O. The number of aliphatic carboxylic acids is 1. The summed E-state index contributed by atoms with van der Waals surface area (Å²) in [5, 5.41) is 19.9. The Labute approximate surface area is 101 Å². The van der Waals surface area contributed by atoms with Crippen molar-refractivity contribution in [1.82, 2.24) is 5.32 Å². The van der Waals surface area contributed by atoms with Crippen molar-refractivity contribution in [3.63, 3.8) is 0 Å². The molecule has 5 nitrogen and oxygen atoms in total. The lowest BCUT2D eigenvalue weighted by Gasteiger charge is -2.34. The number of hydrogen-bond acceptors (Lipinski definition) is 3. The zero-order chi connectivity index (χ0) is 13.4. The van der Waals surface area contributed by atoms with Gasteiger partial charge in [-0.05, 0) is 23.7 Å². The highest BCUT2D eigenvalue weighted by atomic mass is 16.4. The van der Waals surface area contributed by atoms with E-state index >= 15 is 0 Å². The van der Waals surface area contributed by atoms with E-state index in [-0.39, 0.29) is 22.7 Å². The number of carbonyl (C=O) groups is 2. The van der Waals surface area contributed by atoms with Crippen LogP contribution >= 0.6 is 0 Å². The van der Waals surface area contributed by atoms with E-state index in [9.17, 15) is 9.59 Å². The van der Waals surface area contributed by atoms with Gasteiger partial charge < -0.3 is 15.5 Å². The first-order chi connectivity index (χ1) is 7.58.